The molecular weight excluding hydrogens is 245 g/mol. The largest absolute Gasteiger partial charge is 0.285 e. The van der Waals surface area contributed by atoms with Crippen LogP contribution in [0, 0.1) is 6.92 Å². The Morgan fingerprint density at radius 2 is 1.11 bits per heavy atom. The number of aryl methyl sites for hydroxylation is 1. The van der Waals surface area contributed by atoms with Gasteiger partial charge >= 0.3 is 0 Å². The van der Waals surface area contributed by atoms with Gasteiger partial charge in [-0.1, -0.05) is 35.9 Å². The highest BCUT2D eigenvalue weighted by molar-refractivity contribution is 7.56. The van der Waals surface area contributed by atoms with Crippen molar-refractivity contribution in [3.63, 3.8) is 0 Å². The van der Waals surface area contributed by atoms with Gasteiger partial charge in [0.15, 0.2) is 0 Å². The first-order chi connectivity index (χ1) is 8.22. The summed E-state index contributed by atoms with van der Waals surface area (Å²) >= 11 is 0. The van der Waals surface area contributed by atoms with Gasteiger partial charge in [-0.05, 0) is 49.2 Å². The number of nitrogens with zero attached hydrogens (tertiary/aromatic N) is 3. The Kier molecular flexibility index (Phi) is 7.41. The molecule has 0 saturated carbocycles. The summed E-state index contributed by atoms with van der Waals surface area (Å²) in [5, 5.41) is 0. The molecule has 5 heteroatoms. The second-order valence-corrected chi connectivity index (χ2v) is 8.14. The lowest BCUT2D eigenvalue weighted by Gasteiger charge is -2.34. The van der Waals surface area contributed by atoms with Gasteiger partial charge in [-0.2, -0.15) is 0 Å². The van der Waals surface area contributed by atoms with Gasteiger partial charge in [0.05, 0.1) is 0 Å². The van der Waals surface area contributed by atoms with E-state index in [1.807, 2.05) is 60.5 Å². The maximum atomic E-state index is 12.1. The summed E-state index contributed by atoms with van der Waals surface area (Å²) in [6.07, 6.45) is 0. The third-order valence-electron chi connectivity index (χ3n) is 2.50. The highest BCUT2D eigenvalue weighted by atomic mass is 31.2. The fourth-order valence-corrected chi connectivity index (χ4v) is 3.75. The Hall–Kier alpha value is -0.670. The second-order valence-electron chi connectivity index (χ2n) is 4.71. The van der Waals surface area contributed by atoms with Gasteiger partial charge in [-0.15, -0.1) is 0 Å². The molecule has 1 rings (SSSR count). The minimum absolute atomic E-state index is 1.32. The van der Waals surface area contributed by atoms with E-state index in [0.717, 1.165) is 0 Å². The third kappa shape index (κ3) is 4.91. The molecule has 0 atom stereocenters. The minimum Gasteiger partial charge on any atom is -0.270 e. The first kappa shape index (κ1) is 17.3. The first-order valence-corrected chi connectivity index (χ1v) is 7.44. The molecule has 18 heavy (non-hydrogen) atoms. The Morgan fingerprint density at radius 3 is 1.22 bits per heavy atom. The van der Waals surface area contributed by atoms with E-state index in [9.17, 15) is 4.57 Å². The number of rotatable bonds is 3. The maximum Gasteiger partial charge on any atom is 0.285 e. The Labute approximate surface area is 112 Å². The molecule has 0 radical (unpaired) electrons. The van der Waals surface area contributed by atoms with Crippen molar-refractivity contribution in [3.8, 4) is 0 Å². The molecule has 4 nitrogen and oxygen atoms in total. The van der Waals surface area contributed by atoms with Crippen molar-refractivity contribution in [2.75, 3.05) is 42.3 Å². The normalized spacial score (nSPS) is 11.7. The van der Waals surface area contributed by atoms with Crippen LogP contribution in [-0.4, -0.2) is 56.3 Å². The predicted molar refractivity (Wildman–Crippen MR) is 79.8 cm³/mol. The Balaban J connectivity index is 0.000000351. The van der Waals surface area contributed by atoms with Crippen LogP contribution in [0.3, 0.4) is 0 Å². The topological polar surface area (TPSA) is 26.8 Å². The van der Waals surface area contributed by atoms with Crippen LogP contribution >= 0.6 is 7.59 Å². The van der Waals surface area contributed by atoms with Crippen LogP contribution in [-0.2, 0) is 4.57 Å². The van der Waals surface area contributed by atoms with Gasteiger partial charge in [0.2, 0.25) is 0 Å². The molecule has 0 aliphatic heterocycles. The van der Waals surface area contributed by atoms with Gasteiger partial charge < -0.3 is 0 Å². The van der Waals surface area contributed by atoms with Gasteiger partial charge in [-0.3, -0.25) is 4.57 Å². The third-order valence-corrected chi connectivity index (χ3v) is 5.63. The van der Waals surface area contributed by atoms with E-state index in [-0.39, 0.29) is 0 Å². The van der Waals surface area contributed by atoms with Crippen molar-refractivity contribution in [1.29, 1.82) is 0 Å². The van der Waals surface area contributed by atoms with Crippen LogP contribution in [0.2, 0.25) is 0 Å². The molecule has 0 N–H and O–H groups in total. The van der Waals surface area contributed by atoms with Crippen LogP contribution in [0.25, 0.3) is 0 Å². The maximum absolute atomic E-state index is 12.1. The molecule has 0 aliphatic carbocycles. The molecule has 0 amide bonds. The van der Waals surface area contributed by atoms with E-state index in [2.05, 4.69) is 19.1 Å². The summed E-state index contributed by atoms with van der Waals surface area (Å²) < 4.78 is 17.3. The van der Waals surface area contributed by atoms with Gasteiger partial charge in [0.1, 0.15) is 0 Å². The van der Waals surface area contributed by atoms with Crippen molar-refractivity contribution in [2.24, 2.45) is 0 Å². The second kappa shape index (κ2) is 7.70. The average Bonchev–Trinajstić information content (AvgIpc) is 2.28. The predicted octanol–water partition coefficient (Wildman–Crippen LogP) is 2.77. The van der Waals surface area contributed by atoms with Crippen LogP contribution in [0.5, 0.6) is 0 Å². The Morgan fingerprint density at radius 1 is 0.778 bits per heavy atom. The molecule has 1 aromatic rings. The van der Waals surface area contributed by atoms with E-state index in [4.69, 9.17) is 0 Å². The summed E-state index contributed by atoms with van der Waals surface area (Å²) in [5.74, 6) is 0. The van der Waals surface area contributed by atoms with Crippen molar-refractivity contribution in [2.45, 2.75) is 6.92 Å². The van der Waals surface area contributed by atoms with Gasteiger partial charge in [-0.25, -0.2) is 14.0 Å². The molecule has 0 saturated heterocycles. The van der Waals surface area contributed by atoms with Crippen molar-refractivity contribution in [3.05, 3.63) is 35.9 Å². The van der Waals surface area contributed by atoms with Crippen molar-refractivity contribution < 1.29 is 4.57 Å². The zero-order chi connectivity index (χ0) is 14.3. The molecule has 0 fully saturated rings. The van der Waals surface area contributed by atoms with Crippen LogP contribution < -0.4 is 0 Å². The van der Waals surface area contributed by atoms with E-state index < -0.39 is 7.59 Å². The molecule has 0 aromatic heterocycles. The van der Waals surface area contributed by atoms with Crippen molar-refractivity contribution in [1.82, 2.24) is 14.0 Å². The van der Waals surface area contributed by atoms with E-state index in [0.29, 0.717) is 0 Å². The molecule has 0 unspecified atom stereocenters. The number of benzene rings is 1. The van der Waals surface area contributed by atoms with Crippen LogP contribution in [0.1, 0.15) is 5.56 Å². The summed E-state index contributed by atoms with van der Waals surface area (Å²) in [6.45, 7) is 2.08. The summed E-state index contributed by atoms with van der Waals surface area (Å²) in [7, 11) is 8.49. The van der Waals surface area contributed by atoms with Crippen LogP contribution in [0.15, 0.2) is 30.3 Å². The molecule has 1 aromatic carbocycles. The minimum atomic E-state index is -2.44. The zero-order valence-electron chi connectivity index (χ0n) is 12.6. The van der Waals surface area contributed by atoms with Gasteiger partial charge in [0, 0.05) is 0 Å². The fraction of sp³-hybridized carbons (Fsp3) is 0.538. The summed E-state index contributed by atoms with van der Waals surface area (Å²) in [4.78, 5) is 0. The van der Waals surface area contributed by atoms with E-state index in [1.54, 1.807) is 14.0 Å². The lowest BCUT2D eigenvalue weighted by atomic mass is 10.2. The lowest BCUT2D eigenvalue weighted by Crippen LogP contribution is -2.30. The standard InChI is InChI=1S/C7H8.C6H18N3OP/c1-7-5-3-2-4-6-7;1-7(2)11(10,8(3)4)9(5)6/h2-6H,1H3;1-6H3. The number of hydrogen-bond acceptors (Lipinski definition) is 1. The Bertz CT molecular complexity index is 349. The van der Waals surface area contributed by atoms with Crippen molar-refractivity contribution >= 4 is 7.59 Å². The molecule has 0 heterocycles. The SMILES string of the molecule is CN(C)P(=O)(N(C)C)N(C)C.Cc1ccccc1. The van der Waals surface area contributed by atoms with E-state index >= 15 is 0 Å². The molecular formula is C13H26N3OP. The summed E-state index contributed by atoms with van der Waals surface area (Å²) in [5.41, 5.74) is 1.32. The van der Waals surface area contributed by atoms with Crippen LogP contribution in [0.4, 0.5) is 0 Å². The molecule has 0 spiro atoms. The quantitative estimate of drug-likeness (QED) is 0.790. The highest BCUT2D eigenvalue weighted by Gasteiger charge is 2.30. The van der Waals surface area contributed by atoms with E-state index in [1.165, 1.54) is 5.56 Å². The zero-order valence-corrected chi connectivity index (χ0v) is 13.5. The highest BCUT2D eigenvalue weighted by Crippen LogP contribution is 2.50. The lowest BCUT2D eigenvalue weighted by molar-refractivity contribution is 0.383. The average molecular weight is 271 g/mol. The monoisotopic (exact) mass is 271 g/mol. The fourth-order valence-electron chi connectivity index (χ4n) is 1.61. The first-order valence-electron chi connectivity index (χ1n) is 5.88. The smallest absolute Gasteiger partial charge is 0.270 e. The molecule has 0 bridgehead atoms. The molecule has 0 aliphatic rings. The number of hydrogen-bond donors (Lipinski definition) is 0. The van der Waals surface area contributed by atoms with Gasteiger partial charge in [0.25, 0.3) is 7.59 Å². The summed E-state index contributed by atoms with van der Waals surface area (Å²) in [6, 6.07) is 10.3. The molecule has 104 valence electrons.